The molecular formula is C12H15F3N2. The zero-order valence-electron chi connectivity index (χ0n) is 9.40. The Balaban J connectivity index is 1.73. The van der Waals surface area contributed by atoms with Crippen molar-refractivity contribution >= 4 is 0 Å². The number of hydrogen-bond donors (Lipinski definition) is 2. The van der Waals surface area contributed by atoms with Crippen LogP contribution in [0.2, 0.25) is 0 Å². The van der Waals surface area contributed by atoms with Gasteiger partial charge in [0.25, 0.3) is 0 Å². The predicted molar refractivity (Wildman–Crippen MR) is 59.0 cm³/mol. The van der Waals surface area contributed by atoms with E-state index in [9.17, 15) is 13.2 Å². The third-order valence-corrected chi connectivity index (χ3v) is 2.68. The highest BCUT2D eigenvalue weighted by atomic mass is 19.2. The van der Waals surface area contributed by atoms with Gasteiger partial charge < -0.3 is 10.6 Å². The molecule has 0 bridgehead atoms. The van der Waals surface area contributed by atoms with Crippen molar-refractivity contribution in [3.63, 3.8) is 0 Å². The smallest absolute Gasteiger partial charge is 0.194 e. The minimum Gasteiger partial charge on any atom is -0.313 e. The number of nitrogens with one attached hydrogen (secondary N) is 2. The van der Waals surface area contributed by atoms with Gasteiger partial charge in [0.05, 0.1) is 0 Å². The van der Waals surface area contributed by atoms with Gasteiger partial charge in [-0.3, -0.25) is 0 Å². The van der Waals surface area contributed by atoms with Gasteiger partial charge in [-0.05, 0) is 30.5 Å². The second kappa shape index (κ2) is 5.51. The van der Waals surface area contributed by atoms with Gasteiger partial charge in [0.1, 0.15) is 0 Å². The van der Waals surface area contributed by atoms with E-state index in [-0.39, 0.29) is 0 Å². The highest BCUT2D eigenvalue weighted by Gasteiger charge is 2.19. The lowest BCUT2D eigenvalue weighted by Crippen LogP contribution is -2.28. The Labute approximate surface area is 98.2 Å². The molecule has 0 atom stereocenters. The molecule has 1 saturated carbocycles. The summed E-state index contributed by atoms with van der Waals surface area (Å²) < 4.78 is 38.4. The summed E-state index contributed by atoms with van der Waals surface area (Å²) in [4.78, 5) is 0. The van der Waals surface area contributed by atoms with Gasteiger partial charge in [0, 0.05) is 25.7 Å². The molecule has 5 heteroatoms. The molecule has 0 amide bonds. The lowest BCUT2D eigenvalue weighted by atomic mass is 10.2. The highest BCUT2D eigenvalue weighted by molar-refractivity contribution is 5.19. The topological polar surface area (TPSA) is 24.1 Å². The van der Waals surface area contributed by atoms with E-state index in [2.05, 4.69) is 10.6 Å². The minimum atomic E-state index is -1.41. The van der Waals surface area contributed by atoms with E-state index in [0.29, 0.717) is 18.2 Å². The molecular weight excluding hydrogens is 229 g/mol. The van der Waals surface area contributed by atoms with Crippen LogP contribution >= 0.6 is 0 Å². The van der Waals surface area contributed by atoms with Crippen molar-refractivity contribution < 1.29 is 13.2 Å². The molecule has 0 saturated heterocycles. The Morgan fingerprint density at radius 3 is 2.29 bits per heavy atom. The fourth-order valence-electron chi connectivity index (χ4n) is 1.59. The van der Waals surface area contributed by atoms with Crippen molar-refractivity contribution in [1.82, 2.24) is 10.6 Å². The first-order chi connectivity index (χ1) is 8.16. The largest absolute Gasteiger partial charge is 0.313 e. The van der Waals surface area contributed by atoms with Crippen molar-refractivity contribution in [2.24, 2.45) is 0 Å². The Kier molecular flexibility index (Phi) is 4.02. The van der Waals surface area contributed by atoms with Crippen molar-refractivity contribution in [2.45, 2.75) is 25.4 Å². The first kappa shape index (κ1) is 12.4. The fraction of sp³-hybridized carbons (Fsp3) is 0.500. The van der Waals surface area contributed by atoms with E-state index >= 15 is 0 Å². The predicted octanol–water partition coefficient (Wildman–Crippen LogP) is 1.95. The summed E-state index contributed by atoms with van der Waals surface area (Å²) in [6.07, 6.45) is 2.46. The second-order valence-corrected chi connectivity index (χ2v) is 4.28. The number of halogens is 3. The van der Waals surface area contributed by atoms with Crippen LogP contribution in [0.25, 0.3) is 0 Å². The Hall–Kier alpha value is -1.07. The molecule has 0 unspecified atom stereocenters. The van der Waals surface area contributed by atoms with Crippen LogP contribution in [0, 0.1) is 17.5 Å². The average molecular weight is 244 g/mol. The van der Waals surface area contributed by atoms with E-state index in [1.165, 1.54) is 12.8 Å². The zero-order valence-corrected chi connectivity index (χ0v) is 9.40. The van der Waals surface area contributed by atoms with Crippen LogP contribution in [0.5, 0.6) is 0 Å². The number of benzene rings is 1. The highest BCUT2D eigenvalue weighted by Crippen LogP contribution is 2.17. The molecule has 2 rings (SSSR count). The van der Waals surface area contributed by atoms with Gasteiger partial charge in [0.15, 0.2) is 17.5 Å². The summed E-state index contributed by atoms with van der Waals surface area (Å²) >= 11 is 0. The molecule has 2 nitrogen and oxygen atoms in total. The molecule has 0 aromatic heterocycles. The maximum Gasteiger partial charge on any atom is 0.194 e. The quantitative estimate of drug-likeness (QED) is 0.590. The third-order valence-electron chi connectivity index (χ3n) is 2.68. The lowest BCUT2D eigenvalue weighted by Gasteiger charge is -2.06. The van der Waals surface area contributed by atoms with Crippen LogP contribution in [0.4, 0.5) is 13.2 Å². The van der Waals surface area contributed by atoms with Gasteiger partial charge in [0.2, 0.25) is 0 Å². The maximum absolute atomic E-state index is 12.9. The van der Waals surface area contributed by atoms with Crippen LogP contribution in [0.3, 0.4) is 0 Å². The SMILES string of the molecule is Fc1cc(CNCCNC2CC2)cc(F)c1F. The first-order valence-electron chi connectivity index (χ1n) is 5.74. The molecule has 0 radical (unpaired) electrons. The van der Waals surface area contributed by atoms with Crippen molar-refractivity contribution in [3.05, 3.63) is 35.1 Å². The summed E-state index contributed by atoms with van der Waals surface area (Å²) in [5.41, 5.74) is 0.410. The lowest BCUT2D eigenvalue weighted by molar-refractivity contribution is 0.444. The van der Waals surface area contributed by atoms with Gasteiger partial charge in [-0.2, -0.15) is 0 Å². The van der Waals surface area contributed by atoms with Crippen LogP contribution in [0.15, 0.2) is 12.1 Å². The first-order valence-corrected chi connectivity index (χ1v) is 5.74. The van der Waals surface area contributed by atoms with Crippen LogP contribution in [0.1, 0.15) is 18.4 Å². The summed E-state index contributed by atoms with van der Waals surface area (Å²) in [6, 6.07) is 2.68. The van der Waals surface area contributed by atoms with Crippen LogP contribution < -0.4 is 10.6 Å². The third kappa shape index (κ3) is 3.71. The molecule has 17 heavy (non-hydrogen) atoms. The minimum absolute atomic E-state index is 0.334. The molecule has 1 aromatic carbocycles. The van der Waals surface area contributed by atoms with Crippen LogP contribution in [-0.4, -0.2) is 19.1 Å². The number of rotatable bonds is 6. The van der Waals surface area contributed by atoms with Crippen molar-refractivity contribution in [2.75, 3.05) is 13.1 Å². The second-order valence-electron chi connectivity index (χ2n) is 4.28. The van der Waals surface area contributed by atoms with Gasteiger partial charge in [-0.25, -0.2) is 13.2 Å². The normalized spacial score (nSPS) is 15.2. The van der Waals surface area contributed by atoms with Gasteiger partial charge in [-0.15, -0.1) is 0 Å². The van der Waals surface area contributed by atoms with Gasteiger partial charge >= 0.3 is 0 Å². The van der Waals surface area contributed by atoms with E-state index < -0.39 is 17.5 Å². The molecule has 1 aromatic rings. The molecule has 1 fully saturated rings. The Morgan fingerprint density at radius 2 is 1.71 bits per heavy atom. The molecule has 0 heterocycles. The molecule has 94 valence electrons. The van der Waals surface area contributed by atoms with Crippen LogP contribution in [-0.2, 0) is 6.54 Å². The summed E-state index contributed by atoms with van der Waals surface area (Å²) in [6.45, 7) is 1.88. The molecule has 0 spiro atoms. The van der Waals surface area contributed by atoms with Crippen molar-refractivity contribution in [3.8, 4) is 0 Å². The molecule has 0 aliphatic heterocycles. The monoisotopic (exact) mass is 244 g/mol. The van der Waals surface area contributed by atoms with Crippen molar-refractivity contribution in [1.29, 1.82) is 0 Å². The molecule has 1 aliphatic carbocycles. The maximum atomic E-state index is 12.9. The Morgan fingerprint density at radius 1 is 1.06 bits per heavy atom. The zero-order chi connectivity index (χ0) is 12.3. The average Bonchev–Trinajstić information content (AvgIpc) is 3.09. The number of hydrogen-bond acceptors (Lipinski definition) is 2. The van der Waals surface area contributed by atoms with E-state index in [0.717, 1.165) is 25.2 Å². The van der Waals surface area contributed by atoms with E-state index in [1.54, 1.807) is 0 Å². The summed E-state index contributed by atoms with van der Waals surface area (Å²) in [7, 11) is 0. The van der Waals surface area contributed by atoms with E-state index in [4.69, 9.17) is 0 Å². The molecule has 1 aliphatic rings. The Bertz CT molecular complexity index is 368. The molecule has 2 N–H and O–H groups in total. The van der Waals surface area contributed by atoms with Gasteiger partial charge in [-0.1, -0.05) is 0 Å². The summed E-state index contributed by atoms with van der Waals surface area (Å²) in [5, 5.41) is 6.34. The van der Waals surface area contributed by atoms with E-state index in [1.807, 2.05) is 0 Å². The fourth-order valence-corrected chi connectivity index (χ4v) is 1.59. The summed E-state index contributed by atoms with van der Waals surface area (Å²) in [5.74, 6) is -3.69. The standard InChI is InChI=1S/C12H15F3N2/c13-10-5-8(6-11(14)12(10)15)7-16-3-4-17-9-1-2-9/h5-6,9,16-17H,1-4,7H2.